The van der Waals surface area contributed by atoms with Crippen LogP contribution < -0.4 is 4.74 Å². The Kier molecular flexibility index (Phi) is 6.51. The SMILES string of the molecule is CCOc1ccc(C(=O)C(C)OC(=O)C2CCN(C3=NS(=O)(=O)c4ccccc43)CC2)cc1. The molecule has 174 valence electrons. The van der Waals surface area contributed by atoms with Gasteiger partial charge in [-0.15, -0.1) is 4.40 Å². The molecule has 1 atom stereocenters. The van der Waals surface area contributed by atoms with Gasteiger partial charge in [0.15, 0.2) is 11.9 Å². The van der Waals surface area contributed by atoms with Crippen molar-refractivity contribution in [1.82, 2.24) is 4.90 Å². The van der Waals surface area contributed by atoms with Crippen molar-refractivity contribution >= 4 is 27.6 Å². The fourth-order valence-electron chi connectivity index (χ4n) is 4.08. The fraction of sp³-hybridized carbons (Fsp3) is 0.375. The number of hydrogen-bond donors (Lipinski definition) is 0. The van der Waals surface area contributed by atoms with E-state index < -0.39 is 22.1 Å². The molecule has 0 saturated carbocycles. The largest absolute Gasteiger partial charge is 0.494 e. The van der Waals surface area contributed by atoms with Gasteiger partial charge in [-0.05, 0) is 63.1 Å². The Morgan fingerprint density at radius 3 is 2.42 bits per heavy atom. The average Bonchev–Trinajstić information content (AvgIpc) is 3.10. The predicted molar refractivity (Wildman–Crippen MR) is 122 cm³/mol. The monoisotopic (exact) mass is 470 g/mol. The number of amidine groups is 1. The summed E-state index contributed by atoms with van der Waals surface area (Å²) in [6.07, 6.45) is 0.0818. The maximum absolute atomic E-state index is 12.7. The van der Waals surface area contributed by atoms with Crippen LogP contribution in [-0.2, 0) is 19.6 Å². The zero-order valence-corrected chi connectivity index (χ0v) is 19.4. The molecule has 1 fully saturated rings. The highest BCUT2D eigenvalue weighted by atomic mass is 32.2. The van der Waals surface area contributed by atoms with E-state index in [4.69, 9.17) is 9.47 Å². The molecule has 8 nitrogen and oxygen atoms in total. The van der Waals surface area contributed by atoms with Gasteiger partial charge >= 0.3 is 5.97 Å². The number of Topliss-reactive ketones (excluding diaryl/α,β-unsaturated/α-hetero) is 1. The van der Waals surface area contributed by atoms with Crippen molar-refractivity contribution in [2.45, 2.75) is 37.7 Å². The topological polar surface area (TPSA) is 102 Å². The van der Waals surface area contributed by atoms with Crippen LogP contribution in [0.1, 0.15) is 42.6 Å². The lowest BCUT2D eigenvalue weighted by molar-refractivity contribution is -0.152. The van der Waals surface area contributed by atoms with Crippen molar-refractivity contribution in [1.29, 1.82) is 0 Å². The molecule has 2 aliphatic heterocycles. The highest BCUT2D eigenvalue weighted by Crippen LogP contribution is 2.30. The number of benzene rings is 2. The van der Waals surface area contributed by atoms with Gasteiger partial charge in [0.05, 0.1) is 12.5 Å². The van der Waals surface area contributed by atoms with Crippen LogP contribution in [0.5, 0.6) is 5.75 Å². The standard InChI is InChI=1S/C24H26N2O6S/c1-3-31-19-10-8-17(9-11-19)22(27)16(2)32-24(28)18-12-14-26(15-13-18)23-20-6-4-5-7-21(20)33(29,30)25-23/h4-11,16,18H,3,12-15H2,1-2H3. The third-order valence-electron chi connectivity index (χ3n) is 5.85. The van der Waals surface area contributed by atoms with Crippen LogP contribution >= 0.6 is 0 Å². The molecule has 4 rings (SSSR count). The highest BCUT2D eigenvalue weighted by Gasteiger charge is 2.35. The molecule has 1 unspecified atom stereocenters. The Morgan fingerprint density at radius 2 is 1.76 bits per heavy atom. The molecule has 0 N–H and O–H groups in total. The second kappa shape index (κ2) is 9.35. The molecule has 0 bridgehead atoms. The lowest BCUT2D eigenvalue weighted by Gasteiger charge is -2.32. The number of rotatable bonds is 6. The Bertz CT molecular complexity index is 1180. The van der Waals surface area contributed by atoms with Crippen molar-refractivity contribution in [3.05, 3.63) is 59.7 Å². The predicted octanol–water partition coefficient (Wildman–Crippen LogP) is 3.06. The normalized spacial score (nSPS) is 18.2. The van der Waals surface area contributed by atoms with Crippen molar-refractivity contribution in [2.24, 2.45) is 10.3 Å². The Morgan fingerprint density at radius 1 is 1.09 bits per heavy atom. The Labute approximate surface area is 193 Å². The van der Waals surface area contributed by atoms with Gasteiger partial charge in [-0.25, -0.2) is 0 Å². The molecule has 2 aliphatic rings. The number of carbonyl (C=O) groups is 2. The maximum Gasteiger partial charge on any atom is 0.309 e. The first kappa shape index (κ1) is 23.0. The molecule has 0 amide bonds. The minimum Gasteiger partial charge on any atom is -0.494 e. The third kappa shape index (κ3) is 4.78. The van der Waals surface area contributed by atoms with Crippen LogP contribution in [-0.4, -0.2) is 56.7 Å². The number of carbonyl (C=O) groups excluding carboxylic acids is 2. The van der Waals surface area contributed by atoms with Gasteiger partial charge in [-0.1, -0.05) is 12.1 Å². The van der Waals surface area contributed by atoms with Gasteiger partial charge in [-0.3, -0.25) is 9.59 Å². The van der Waals surface area contributed by atoms with Crippen LogP contribution in [0.2, 0.25) is 0 Å². The number of hydrogen-bond acceptors (Lipinski definition) is 7. The first-order chi connectivity index (χ1) is 15.8. The van der Waals surface area contributed by atoms with Gasteiger partial charge in [0, 0.05) is 24.2 Å². The molecule has 0 radical (unpaired) electrons. The van der Waals surface area contributed by atoms with E-state index in [0.29, 0.717) is 55.3 Å². The lowest BCUT2D eigenvalue weighted by Crippen LogP contribution is -2.41. The molecule has 9 heteroatoms. The van der Waals surface area contributed by atoms with Crippen LogP contribution in [0.15, 0.2) is 57.8 Å². The molecule has 2 aromatic carbocycles. The quantitative estimate of drug-likeness (QED) is 0.472. The van der Waals surface area contributed by atoms with Crippen molar-refractivity contribution in [2.75, 3.05) is 19.7 Å². The summed E-state index contributed by atoms with van der Waals surface area (Å²) in [7, 11) is -3.68. The molecule has 2 heterocycles. The number of sulfonamides is 1. The van der Waals surface area contributed by atoms with Crippen molar-refractivity contribution in [3.63, 3.8) is 0 Å². The van der Waals surface area contributed by atoms with Gasteiger partial charge in [0.1, 0.15) is 10.6 Å². The Balaban J connectivity index is 1.34. The van der Waals surface area contributed by atoms with Crippen LogP contribution in [0.3, 0.4) is 0 Å². The molecule has 33 heavy (non-hydrogen) atoms. The van der Waals surface area contributed by atoms with E-state index in [-0.39, 0.29) is 16.6 Å². The minimum absolute atomic E-state index is 0.211. The van der Waals surface area contributed by atoms with E-state index >= 15 is 0 Å². The fourth-order valence-corrected chi connectivity index (χ4v) is 5.31. The molecule has 0 aromatic heterocycles. The van der Waals surface area contributed by atoms with Crippen molar-refractivity contribution < 1.29 is 27.5 Å². The summed E-state index contributed by atoms with van der Waals surface area (Å²) in [5.74, 6) is 0.0590. The van der Waals surface area contributed by atoms with Gasteiger partial charge in [-0.2, -0.15) is 8.42 Å². The second-order valence-corrected chi connectivity index (χ2v) is 9.62. The molecule has 2 aromatic rings. The minimum atomic E-state index is -3.68. The number of ether oxygens (including phenoxy) is 2. The maximum atomic E-state index is 12.7. The van der Waals surface area contributed by atoms with E-state index in [1.807, 2.05) is 11.8 Å². The van der Waals surface area contributed by atoms with Crippen LogP contribution in [0.25, 0.3) is 0 Å². The first-order valence-electron chi connectivity index (χ1n) is 11.0. The smallest absolute Gasteiger partial charge is 0.309 e. The summed E-state index contributed by atoms with van der Waals surface area (Å²) in [5.41, 5.74) is 1.04. The summed E-state index contributed by atoms with van der Waals surface area (Å²) in [5, 5.41) is 0. The van der Waals surface area contributed by atoms with Gasteiger partial charge in [0.2, 0.25) is 5.78 Å². The first-order valence-corrected chi connectivity index (χ1v) is 12.4. The zero-order chi connectivity index (χ0) is 23.6. The molecule has 1 saturated heterocycles. The number of nitrogens with zero attached hydrogens (tertiary/aromatic N) is 2. The number of esters is 1. The summed E-state index contributed by atoms with van der Waals surface area (Å²) < 4.78 is 39.4. The van der Waals surface area contributed by atoms with E-state index in [1.54, 1.807) is 55.5 Å². The summed E-state index contributed by atoms with van der Waals surface area (Å²) >= 11 is 0. The number of ketones is 1. The van der Waals surface area contributed by atoms with E-state index in [2.05, 4.69) is 4.40 Å². The Hall–Kier alpha value is -3.20. The van der Waals surface area contributed by atoms with Crippen LogP contribution in [0.4, 0.5) is 0 Å². The lowest BCUT2D eigenvalue weighted by atomic mass is 9.96. The third-order valence-corrected chi connectivity index (χ3v) is 7.18. The number of fused-ring (bicyclic) bond motifs is 1. The van der Waals surface area contributed by atoms with E-state index in [0.717, 1.165) is 0 Å². The summed E-state index contributed by atoms with van der Waals surface area (Å²) in [4.78, 5) is 27.4. The van der Waals surface area contributed by atoms with Crippen molar-refractivity contribution in [3.8, 4) is 5.75 Å². The van der Waals surface area contributed by atoms with Gasteiger partial charge in [0.25, 0.3) is 10.0 Å². The second-order valence-electron chi connectivity index (χ2n) is 8.05. The molecular formula is C24H26N2O6S. The van der Waals surface area contributed by atoms with Gasteiger partial charge < -0.3 is 14.4 Å². The van der Waals surface area contributed by atoms with E-state index in [9.17, 15) is 18.0 Å². The molecule has 0 spiro atoms. The zero-order valence-electron chi connectivity index (χ0n) is 18.6. The summed E-state index contributed by atoms with van der Waals surface area (Å²) in [6.45, 7) is 4.94. The molecule has 0 aliphatic carbocycles. The average molecular weight is 471 g/mol. The van der Waals surface area contributed by atoms with Crippen LogP contribution in [0, 0.1) is 5.92 Å². The highest BCUT2D eigenvalue weighted by molar-refractivity contribution is 7.90. The summed E-state index contributed by atoms with van der Waals surface area (Å²) in [6, 6.07) is 13.5. The van der Waals surface area contributed by atoms with E-state index in [1.165, 1.54) is 0 Å². The number of piperidine rings is 1. The molecular weight excluding hydrogens is 444 g/mol. The number of likely N-dealkylation sites (tertiary alicyclic amines) is 1.